The number of aromatic hydroxyl groups is 1. The van der Waals surface area contributed by atoms with E-state index >= 15 is 0 Å². The summed E-state index contributed by atoms with van der Waals surface area (Å²) < 4.78 is 1.51. The van der Waals surface area contributed by atoms with Gasteiger partial charge in [0.25, 0.3) is 0 Å². The van der Waals surface area contributed by atoms with Gasteiger partial charge >= 0.3 is 0 Å². The van der Waals surface area contributed by atoms with Gasteiger partial charge in [-0.15, -0.1) is 0 Å². The number of fused-ring (bicyclic) bond motifs is 1. The van der Waals surface area contributed by atoms with E-state index in [-0.39, 0.29) is 11.3 Å². The Morgan fingerprint density at radius 3 is 3.17 bits per heavy atom. The molecule has 2 rings (SSSR count). The summed E-state index contributed by atoms with van der Waals surface area (Å²) in [4.78, 5) is 0. The normalized spacial score (nSPS) is 9.92. The fourth-order valence-corrected chi connectivity index (χ4v) is 1.06. The first-order valence-electron chi connectivity index (χ1n) is 3.38. The van der Waals surface area contributed by atoms with E-state index in [9.17, 15) is 5.11 Å². The fraction of sp³-hybridized carbons (Fsp3) is 0. The highest BCUT2D eigenvalue weighted by atomic mass is 16.3. The van der Waals surface area contributed by atoms with E-state index in [1.807, 2.05) is 6.07 Å². The van der Waals surface area contributed by atoms with Gasteiger partial charge in [0.05, 0.1) is 6.20 Å². The second kappa shape index (κ2) is 2.24. The largest absolute Gasteiger partial charge is 0.504 e. The molecule has 2 aromatic rings. The van der Waals surface area contributed by atoms with Crippen molar-refractivity contribution in [2.75, 3.05) is 0 Å². The molecule has 0 aliphatic heterocycles. The van der Waals surface area contributed by atoms with Crippen LogP contribution >= 0.6 is 0 Å². The SMILES string of the molecule is N#Cc1cnn2cccc2c1O. The van der Waals surface area contributed by atoms with Crippen molar-refractivity contribution in [2.24, 2.45) is 0 Å². The monoisotopic (exact) mass is 159 g/mol. The van der Waals surface area contributed by atoms with Crippen molar-refractivity contribution < 1.29 is 5.11 Å². The Morgan fingerprint density at radius 2 is 2.42 bits per heavy atom. The van der Waals surface area contributed by atoms with Crippen molar-refractivity contribution in [3.8, 4) is 11.8 Å². The summed E-state index contributed by atoms with van der Waals surface area (Å²) in [6, 6.07) is 5.30. The van der Waals surface area contributed by atoms with Crippen molar-refractivity contribution in [3.05, 3.63) is 30.1 Å². The molecule has 4 heteroatoms. The van der Waals surface area contributed by atoms with Crippen molar-refractivity contribution in [1.29, 1.82) is 5.26 Å². The molecule has 0 bridgehead atoms. The smallest absolute Gasteiger partial charge is 0.160 e. The van der Waals surface area contributed by atoms with Crippen LogP contribution in [0.3, 0.4) is 0 Å². The molecule has 12 heavy (non-hydrogen) atoms. The molecule has 0 spiro atoms. The van der Waals surface area contributed by atoms with Gasteiger partial charge < -0.3 is 5.11 Å². The van der Waals surface area contributed by atoms with Crippen LogP contribution in [-0.2, 0) is 0 Å². The number of rotatable bonds is 0. The van der Waals surface area contributed by atoms with Gasteiger partial charge in [0.15, 0.2) is 5.75 Å². The number of hydrogen-bond acceptors (Lipinski definition) is 3. The summed E-state index contributed by atoms with van der Waals surface area (Å²) in [6.45, 7) is 0. The molecule has 0 unspecified atom stereocenters. The van der Waals surface area contributed by atoms with Gasteiger partial charge in [-0.05, 0) is 12.1 Å². The Kier molecular flexibility index (Phi) is 1.25. The fourth-order valence-electron chi connectivity index (χ4n) is 1.06. The van der Waals surface area contributed by atoms with Crippen LogP contribution < -0.4 is 0 Å². The molecule has 4 nitrogen and oxygen atoms in total. The van der Waals surface area contributed by atoms with Gasteiger partial charge in [-0.25, -0.2) is 4.52 Å². The third kappa shape index (κ3) is 0.736. The standard InChI is InChI=1S/C8H5N3O/c9-4-6-5-10-11-3-1-2-7(11)8(6)12/h1-3,5,12H. The van der Waals surface area contributed by atoms with Gasteiger partial charge in [-0.2, -0.15) is 10.4 Å². The summed E-state index contributed by atoms with van der Waals surface area (Å²) in [7, 11) is 0. The first kappa shape index (κ1) is 6.68. The molecule has 2 heterocycles. The number of aromatic nitrogens is 2. The quantitative estimate of drug-likeness (QED) is 0.621. The maximum absolute atomic E-state index is 9.46. The Labute approximate surface area is 68.3 Å². The summed E-state index contributed by atoms with van der Waals surface area (Å²) in [5.41, 5.74) is 0.746. The predicted octanol–water partition coefficient (Wildman–Crippen LogP) is 0.912. The van der Waals surface area contributed by atoms with E-state index in [4.69, 9.17) is 5.26 Å². The maximum Gasteiger partial charge on any atom is 0.160 e. The molecular formula is C8H5N3O. The lowest BCUT2D eigenvalue weighted by Gasteiger charge is -1.97. The Morgan fingerprint density at radius 1 is 1.58 bits per heavy atom. The molecule has 2 aromatic heterocycles. The maximum atomic E-state index is 9.46. The number of hydrogen-bond donors (Lipinski definition) is 1. The minimum Gasteiger partial charge on any atom is -0.504 e. The molecule has 1 N–H and O–H groups in total. The summed E-state index contributed by atoms with van der Waals surface area (Å²) >= 11 is 0. The lowest BCUT2D eigenvalue weighted by atomic mass is 10.3. The number of nitrogens with zero attached hydrogens (tertiary/aromatic N) is 3. The predicted molar refractivity (Wildman–Crippen MR) is 41.6 cm³/mol. The van der Waals surface area contributed by atoms with Crippen LogP contribution in [0.15, 0.2) is 24.5 Å². The third-order valence-electron chi connectivity index (χ3n) is 1.66. The van der Waals surface area contributed by atoms with Gasteiger partial charge in [0, 0.05) is 6.20 Å². The van der Waals surface area contributed by atoms with Gasteiger partial charge in [-0.1, -0.05) is 0 Å². The van der Waals surface area contributed by atoms with Gasteiger partial charge in [0.1, 0.15) is 17.1 Å². The van der Waals surface area contributed by atoms with Crippen LogP contribution in [-0.4, -0.2) is 14.7 Å². The zero-order valence-corrected chi connectivity index (χ0v) is 6.10. The van der Waals surface area contributed by atoms with Crippen LogP contribution in [0, 0.1) is 11.3 Å². The van der Waals surface area contributed by atoms with Crippen molar-refractivity contribution >= 4 is 5.52 Å². The first-order valence-corrected chi connectivity index (χ1v) is 3.38. The lowest BCUT2D eigenvalue weighted by molar-refractivity contribution is 0.475. The molecule has 0 fully saturated rings. The zero-order chi connectivity index (χ0) is 8.55. The molecule has 0 aliphatic carbocycles. The third-order valence-corrected chi connectivity index (χ3v) is 1.66. The zero-order valence-electron chi connectivity index (χ0n) is 6.10. The molecule has 0 saturated carbocycles. The second-order valence-electron chi connectivity index (χ2n) is 2.36. The van der Waals surface area contributed by atoms with Crippen LogP contribution in [0.25, 0.3) is 5.52 Å². The van der Waals surface area contributed by atoms with Gasteiger partial charge in [0.2, 0.25) is 0 Å². The molecule has 0 radical (unpaired) electrons. The second-order valence-corrected chi connectivity index (χ2v) is 2.36. The molecule has 58 valence electrons. The van der Waals surface area contributed by atoms with E-state index in [0.29, 0.717) is 5.52 Å². The Hall–Kier alpha value is -2.02. The minimum absolute atomic E-state index is 0.0162. The minimum atomic E-state index is -0.0162. The van der Waals surface area contributed by atoms with Crippen molar-refractivity contribution in [1.82, 2.24) is 9.61 Å². The highest BCUT2D eigenvalue weighted by Gasteiger charge is 2.05. The highest BCUT2D eigenvalue weighted by molar-refractivity contribution is 5.64. The molecule has 0 atom stereocenters. The van der Waals surface area contributed by atoms with Gasteiger partial charge in [-0.3, -0.25) is 0 Å². The van der Waals surface area contributed by atoms with E-state index < -0.39 is 0 Å². The Balaban J connectivity index is 2.89. The highest BCUT2D eigenvalue weighted by Crippen LogP contribution is 2.21. The topological polar surface area (TPSA) is 61.3 Å². The van der Waals surface area contributed by atoms with Crippen LogP contribution in [0.2, 0.25) is 0 Å². The first-order chi connectivity index (χ1) is 5.83. The van der Waals surface area contributed by atoms with Crippen LogP contribution in [0.5, 0.6) is 5.75 Å². The Bertz CT molecular complexity index is 467. The lowest BCUT2D eigenvalue weighted by Crippen LogP contribution is -1.90. The van der Waals surface area contributed by atoms with Crippen LogP contribution in [0.1, 0.15) is 5.56 Å². The van der Waals surface area contributed by atoms with E-state index in [0.717, 1.165) is 0 Å². The van der Waals surface area contributed by atoms with Crippen LogP contribution in [0.4, 0.5) is 0 Å². The summed E-state index contributed by atoms with van der Waals surface area (Å²) in [5, 5.41) is 21.9. The summed E-state index contributed by atoms with van der Waals surface area (Å²) in [5.74, 6) is -0.0162. The van der Waals surface area contributed by atoms with Crippen molar-refractivity contribution in [3.63, 3.8) is 0 Å². The van der Waals surface area contributed by atoms with Crippen molar-refractivity contribution in [2.45, 2.75) is 0 Å². The average molecular weight is 159 g/mol. The van der Waals surface area contributed by atoms with E-state index in [1.165, 1.54) is 10.7 Å². The van der Waals surface area contributed by atoms with E-state index in [2.05, 4.69) is 5.10 Å². The molecule has 0 aliphatic rings. The molecule has 0 amide bonds. The van der Waals surface area contributed by atoms with E-state index in [1.54, 1.807) is 18.3 Å². The summed E-state index contributed by atoms with van der Waals surface area (Å²) in [6.07, 6.45) is 3.04. The average Bonchev–Trinajstić information content (AvgIpc) is 2.53. The molecular weight excluding hydrogens is 154 g/mol. The molecule has 0 saturated heterocycles. The number of nitriles is 1. The molecule has 0 aromatic carbocycles.